The van der Waals surface area contributed by atoms with Crippen molar-refractivity contribution < 1.29 is 22.7 Å². The van der Waals surface area contributed by atoms with Crippen molar-refractivity contribution in [1.82, 2.24) is 10.2 Å². The first-order valence-corrected chi connectivity index (χ1v) is 13.7. The predicted molar refractivity (Wildman–Crippen MR) is 139 cm³/mol. The average Bonchev–Trinajstić information content (AvgIpc) is 2.83. The third kappa shape index (κ3) is 8.74. The number of nitrogens with zero attached hydrogens (tertiary/aromatic N) is 2. The lowest BCUT2D eigenvalue weighted by Crippen LogP contribution is -2.47. The van der Waals surface area contributed by atoms with Gasteiger partial charge in [-0.25, -0.2) is 8.42 Å². The number of hydrogen-bond donors (Lipinski definition) is 1. The molecule has 1 N–H and O–H groups in total. The molecule has 0 unspecified atom stereocenters. The van der Waals surface area contributed by atoms with E-state index in [4.69, 9.17) is 16.3 Å². The summed E-state index contributed by atoms with van der Waals surface area (Å²) in [5.41, 5.74) is 1.30. The molecule has 1 atom stereocenters. The average molecular weight is 524 g/mol. The van der Waals surface area contributed by atoms with Gasteiger partial charge in [0.2, 0.25) is 21.8 Å². The number of halogens is 1. The van der Waals surface area contributed by atoms with Gasteiger partial charge in [0.15, 0.2) is 0 Å². The highest BCUT2D eigenvalue weighted by atomic mass is 35.5. The number of amides is 2. The smallest absolute Gasteiger partial charge is 0.242 e. The molecule has 0 radical (unpaired) electrons. The molecule has 0 bridgehead atoms. The fraction of sp³-hybridized carbons (Fsp3) is 0.440. The second-order valence-electron chi connectivity index (χ2n) is 8.26. The monoisotopic (exact) mass is 523 g/mol. The van der Waals surface area contributed by atoms with Crippen LogP contribution < -0.4 is 14.4 Å². The van der Waals surface area contributed by atoms with Gasteiger partial charge in [0.05, 0.1) is 19.1 Å². The zero-order chi connectivity index (χ0) is 26.0. The lowest BCUT2D eigenvalue weighted by atomic mass is 10.1. The van der Waals surface area contributed by atoms with Crippen LogP contribution in [0.15, 0.2) is 48.5 Å². The Morgan fingerprint density at radius 2 is 1.83 bits per heavy atom. The lowest BCUT2D eigenvalue weighted by molar-refractivity contribution is -0.140. The normalized spacial score (nSPS) is 12.0. The van der Waals surface area contributed by atoms with E-state index in [9.17, 15) is 18.0 Å². The quantitative estimate of drug-likeness (QED) is 0.430. The molecule has 0 aliphatic heterocycles. The van der Waals surface area contributed by atoms with E-state index in [2.05, 4.69) is 5.32 Å². The third-order valence-electron chi connectivity index (χ3n) is 5.48. The highest BCUT2D eigenvalue weighted by molar-refractivity contribution is 7.92. The van der Waals surface area contributed by atoms with Gasteiger partial charge >= 0.3 is 0 Å². The number of anilines is 1. The van der Waals surface area contributed by atoms with Crippen LogP contribution in [0.2, 0.25) is 5.02 Å². The number of sulfonamides is 1. The molecular weight excluding hydrogens is 490 g/mol. The summed E-state index contributed by atoms with van der Waals surface area (Å²) >= 11 is 5.98. The fourth-order valence-electron chi connectivity index (χ4n) is 3.53. The SMILES string of the molecule is CCCNC(=O)[C@H](C)N(Cc1ccc(Cl)cc1)C(=O)CCCN(c1cccc(OC)c1)S(C)(=O)=O. The minimum absolute atomic E-state index is 0.0783. The van der Waals surface area contributed by atoms with Crippen molar-refractivity contribution in [3.05, 3.63) is 59.1 Å². The Kier molecular flexibility index (Phi) is 10.9. The van der Waals surface area contributed by atoms with Gasteiger partial charge in [-0.3, -0.25) is 13.9 Å². The Bertz CT molecular complexity index is 1090. The van der Waals surface area contributed by atoms with Gasteiger partial charge in [0, 0.05) is 37.1 Å². The largest absolute Gasteiger partial charge is 0.497 e. The summed E-state index contributed by atoms with van der Waals surface area (Å²) in [5, 5.41) is 3.42. The highest BCUT2D eigenvalue weighted by Crippen LogP contribution is 2.24. The van der Waals surface area contributed by atoms with Crippen LogP contribution in [0.4, 0.5) is 5.69 Å². The zero-order valence-electron chi connectivity index (χ0n) is 20.7. The molecule has 35 heavy (non-hydrogen) atoms. The van der Waals surface area contributed by atoms with Crippen LogP contribution in [0.5, 0.6) is 5.75 Å². The van der Waals surface area contributed by atoms with E-state index in [-0.39, 0.29) is 37.7 Å². The molecule has 0 saturated heterocycles. The summed E-state index contributed by atoms with van der Waals surface area (Å²) in [7, 11) is -2.07. The van der Waals surface area contributed by atoms with Crippen molar-refractivity contribution in [2.24, 2.45) is 0 Å². The van der Waals surface area contributed by atoms with Gasteiger partial charge in [-0.1, -0.05) is 36.7 Å². The number of carbonyl (C=O) groups is 2. The molecule has 0 aliphatic carbocycles. The molecule has 10 heteroatoms. The molecule has 8 nitrogen and oxygen atoms in total. The Morgan fingerprint density at radius 3 is 2.43 bits per heavy atom. The van der Waals surface area contributed by atoms with E-state index in [0.29, 0.717) is 23.0 Å². The first kappa shape index (κ1) is 28.5. The van der Waals surface area contributed by atoms with Crippen molar-refractivity contribution in [2.75, 3.05) is 30.8 Å². The van der Waals surface area contributed by atoms with Crippen LogP contribution >= 0.6 is 11.6 Å². The van der Waals surface area contributed by atoms with Crippen LogP contribution in [0.3, 0.4) is 0 Å². The standard InChI is InChI=1S/C25H34ClN3O5S/c1-5-15-27-25(31)19(2)28(18-20-11-13-21(26)14-12-20)24(30)10-7-16-29(35(4,32)33)22-8-6-9-23(17-22)34-3/h6,8-9,11-14,17,19H,5,7,10,15-16,18H2,1-4H3,(H,27,31)/t19-/m0/s1. The number of hydrogen-bond acceptors (Lipinski definition) is 5. The van der Waals surface area contributed by atoms with Gasteiger partial charge in [-0.2, -0.15) is 0 Å². The second kappa shape index (κ2) is 13.3. The predicted octanol–water partition coefficient (Wildman–Crippen LogP) is 3.84. The van der Waals surface area contributed by atoms with Crippen LogP contribution in [0.1, 0.15) is 38.7 Å². The van der Waals surface area contributed by atoms with Gasteiger partial charge < -0.3 is 15.0 Å². The van der Waals surface area contributed by atoms with Gasteiger partial charge in [0.25, 0.3) is 0 Å². The summed E-state index contributed by atoms with van der Waals surface area (Å²) in [5.74, 6) is 0.0646. The summed E-state index contributed by atoms with van der Waals surface area (Å²) < 4.78 is 31.3. The van der Waals surface area contributed by atoms with Crippen molar-refractivity contribution in [3.8, 4) is 5.75 Å². The molecule has 0 saturated carbocycles. The van der Waals surface area contributed by atoms with Crippen molar-refractivity contribution in [1.29, 1.82) is 0 Å². The molecule has 0 heterocycles. The number of nitrogens with one attached hydrogen (secondary N) is 1. The molecular formula is C25H34ClN3O5S. The van der Waals surface area contributed by atoms with Gasteiger partial charge in [-0.05, 0) is 49.6 Å². The minimum Gasteiger partial charge on any atom is -0.497 e. The maximum Gasteiger partial charge on any atom is 0.242 e. The second-order valence-corrected chi connectivity index (χ2v) is 10.6. The number of carbonyl (C=O) groups excluding carboxylic acids is 2. The molecule has 2 aromatic rings. The molecule has 192 valence electrons. The van der Waals surface area contributed by atoms with E-state index in [1.165, 1.54) is 16.3 Å². The lowest BCUT2D eigenvalue weighted by Gasteiger charge is -2.29. The topological polar surface area (TPSA) is 96.0 Å². The number of ether oxygens (including phenoxy) is 1. The molecule has 0 spiro atoms. The maximum absolute atomic E-state index is 13.2. The third-order valence-corrected chi connectivity index (χ3v) is 6.92. The van der Waals surface area contributed by atoms with Gasteiger partial charge in [-0.15, -0.1) is 0 Å². The van der Waals surface area contributed by atoms with Gasteiger partial charge in [0.1, 0.15) is 11.8 Å². The molecule has 0 fully saturated rings. The Labute approximate surface area is 213 Å². The van der Waals surface area contributed by atoms with Crippen LogP contribution in [-0.2, 0) is 26.2 Å². The van der Waals surface area contributed by atoms with Crippen LogP contribution in [0.25, 0.3) is 0 Å². The molecule has 0 aliphatic rings. The van der Waals surface area contributed by atoms with E-state index >= 15 is 0 Å². The van der Waals surface area contributed by atoms with E-state index in [0.717, 1.165) is 18.2 Å². The van der Waals surface area contributed by atoms with Crippen molar-refractivity contribution >= 4 is 39.1 Å². The first-order valence-electron chi connectivity index (χ1n) is 11.5. The maximum atomic E-state index is 13.2. The van der Waals surface area contributed by atoms with Crippen molar-refractivity contribution in [2.45, 2.75) is 45.7 Å². The van der Waals surface area contributed by atoms with E-state index in [1.54, 1.807) is 43.3 Å². The van der Waals surface area contributed by atoms with E-state index < -0.39 is 16.1 Å². The van der Waals surface area contributed by atoms with Crippen LogP contribution in [0, 0.1) is 0 Å². The van der Waals surface area contributed by atoms with E-state index in [1.807, 2.05) is 19.1 Å². The number of methoxy groups -OCH3 is 1. The summed E-state index contributed by atoms with van der Waals surface area (Å²) in [6, 6.07) is 13.2. The fourth-order valence-corrected chi connectivity index (χ4v) is 4.62. The molecule has 0 aromatic heterocycles. The molecule has 2 aromatic carbocycles. The molecule has 2 amide bonds. The first-order chi connectivity index (χ1) is 16.6. The minimum atomic E-state index is -3.58. The Balaban J connectivity index is 2.15. The number of rotatable bonds is 13. The molecule has 2 rings (SSSR count). The summed E-state index contributed by atoms with van der Waals surface area (Å²) in [6.07, 6.45) is 2.27. The number of benzene rings is 2. The van der Waals surface area contributed by atoms with Crippen LogP contribution in [-0.4, -0.2) is 57.6 Å². The summed E-state index contributed by atoms with van der Waals surface area (Å²) in [6.45, 7) is 4.52. The Morgan fingerprint density at radius 1 is 1.14 bits per heavy atom. The van der Waals surface area contributed by atoms with Crippen molar-refractivity contribution in [3.63, 3.8) is 0 Å². The highest BCUT2D eigenvalue weighted by Gasteiger charge is 2.26. The zero-order valence-corrected chi connectivity index (χ0v) is 22.2. The Hall–Kier alpha value is -2.78. The summed E-state index contributed by atoms with van der Waals surface area (Å²) in [4.78, 5) is 27.4.